The highest BCUT2D eigenvalue weighted by Gasteiger charge is 2.33. The molecule has 0 radical (unpaired) electrons. The van der Waals surface area contributed by atoms with Gasteiger partial charge in [-0.3, -0.25) is 4.79 Å². The van der Waals surface area contributed by atoms with Gasteiger partial charge in [0, 0.05) is 28.6 Å². The number of hydrogen-bond acceptors (Lipinski definition) is 4. The van der Waals surface area contributed by atoms with Crippen molar-refractivity contribution in [2.24, 2.45) is 11.8 Å². The van der Waals surface area contributed by atoms with Crippen molar-refractivity contribution in [2.75, 3.05) is 13.1 Å². The first-order valence-corrected chi connectivity index (χ1v) is 11.5. The van der Waals surface area contributed by atoms with E-state index in [0.717, 1.165) is 24.4 Å². The summed E-state index contributed by atoms with van der Waals surface area (Å²) in [6.07, 6.45) is 1.14. The predicted molar refractivity (Wildman–Crippen MR) is 105 cm³/mol. The fraction of sp³-hybridized carbons (Fsp3) is 0.421. The van der Waals surface area contributed by atoms with E-state index in [2.05, 4.69) is 13.8 Å². The second-order valence-corrected chi connectivity index (χ2v) is 11.0. The van der Waals surface area contributed by atoms with E-state index in [0.29, 0.717) is 32.9 Å². The van der Waals surface area contributed by atoms with Gasteiger partial charge in [0.15, 0.2) is 9.84 Å². The molecule has 138 valence electrons. The summed E-state index contributed by atoms with van der Waals surface area (Å²) in [5, 5.41) is 0.403. The van der Waals surface area contributed by atoms with E-state index in [-0.39, 0.29) is 16.6 Å². The summed E-state index contributed by atoms with van der Waals surface area (Å²) in [4.78, 5) is 16.7. The van der Waals surface area contributed by atoms with Gasteiger partial charge in [0.2, 0.25) is 0 Å². The average Bonchev–Trinajstić information content (AvgIpc) is 2.96. The molecule has 7 heteroatoms. The van der Waals surface area contributed by atoms with Crippen molar-refractivity contribution in [3.05, 3.63) is 39.7 Å². The lowest BCUT2D eigenvalue weighted by atomic mass is 9.92. The van der Waals surface area contributed by atoms with Crippen LogP contribution in [0.5, 0.6) is 0 Å². The van der Waals surface area contributed by atoms with Crippen LogP contribution in [-0.2, 0) is 15.6 Å². The van der Waals surface area contributed by atoms with E-state index in [1.807, 2.05) is 4.90 Å². The minimum Gasteiger partial charge on any atom is -0.337 e. The molecular formula is C19H20ClNO3S2. The summed E-state index contributed by atoms with van der Waals surface area (Å²) >= 11 is 7.38. The third kappa shape index (κ3) is 3.08. The van der Waals surface area contributed by atoms with E-state index < -0.39 is 9.84 Å². The number of likely N-dealkylation sites (tertiary alicyclic amines) is 1. The first kappa shape index (κ1) is 18.0. The molecule has 0 saturated carbocycles. The molecule has 0 bridgehead atoms. The van der Waals surface area contributed by atoms with Gasteiger partial charge in [-0.1, -0.05) is 31.5 Å². The molecule has 1 fully saturated rings. The zero-order valence-corrected chi connectivity index (χ0v) is 17.0. The van der Waals surface area contributed by atoms with Crippen molar-refractivity contribution in [1.82, 2.24) is 4.90 Å². The van der Waals surface area contributed by atoms with Crippen LogP contribution in [0.1, 0.15) is 35.5 Å². The zero-order valence-electron chi connectivity index (χ0n) is 14.7. The Kier molecular flexibility index (Phi) is 4.40. The molecule has 1 aromatic carbocycles. The van der Waals surface area contributed by atoms with Gasteiger partial charge in [-0.25, -0.2) is 8.42 Å². The fourth-order valence-corrected chi connectivity index (χ4v) is 7.26. The van der Waals surface area contributed by atoms with Crippen molar-refractivity contribution < 1.29 is 13.2 Å². The first-order chi connectivity index (χ1) is 12.2. The number of thiophene rings is 1. The molecule has 0 spiro atoms. The van der Waals surface area contributed by atoms with Gasteiger partial charge in [-0.15, -0.1) is 11.3 Å². The summed E-state index contributed by atoms with van der Waals surface area (Å²) < 4.78 is 25.2. The SMILES string of the molecule is C[C@H]1C[C@H](C)CN(C(=O)c2cc3c(s2)-c2ccc(Cl)cc2S(=O)(=O)C3)C1. The topological polar surface area (TPSA) is 54.5 Å². The highest BCUT2D eigenvalue weighted by Crippen LogP contribution is 2.44. The molecule has 2 aliphatic rings. The molecule has 4 rings (SSSR count). The molecule has 4 nitrogen and oxygen atoms in total. The Morgan fingerprint density at radius 2 is 1.88 bits per heavy atom. The van der Waals surface area contributed by atoms with Crippen LogP contribution in [0.25, 0.3) is 10.4 Å². The Hall–Kier alpha value is -1.37. The van der Waals surface area contributed by atoms with Crippen molar-refractivity contribution in [2.45, 2.75) is 30.9 Å². The van der Waals surface area contributed by atoms with E-state index in [1.165, 1.54) is 17.4 Å². The van der Waals surface area contributed by atoms with Crippen molar-refractivity contribution in [3.8, 4) is 10.4 Å². The standard InChI is InChI=1S/C19H20ClNO3S2/c1-11-5-12(2)9-21(8-11)19(22)16-6-13-10-26(23,24)17-7-14(20)3-4-15(17)18(13)25-16/h3-4,6-7,11-12H,5,8-10H2,1-2H3/t11-,12-/m0/s1. The molecule has 2 atom stereocenters. The Bertz CT molecular complexity index is 986. The number of halogens is 1. The van der Waals surface area contributed by atoms with Crippen molar-refractivity contribution >= 4 is 38.7 Å². The number of carbonyl (C=O) groups excluding carboxylic acids is 1. The number of piperidine rings is 1. The van der Waals surface area contributed by atoms with Gasteiger partial charge < -0.3 is 4.90 Å². The summed E-state index contributed by atoms with van der Waals surface area (Å²) in [6.45, 7) is 5.86. The minimum absolute atomic E-state index is 0.00992. The van der Waals surface area contributed by atoms with Gasteiger partial charge >= 0.3 is 0 Å². The molecule has 2 aliphatic heterocycles. The lowest BCUT2D eigenvalue weighted by molar-refractivity contribution is 0.0628. The van der Waals surface area contributed by atoms with Crippen LogP contribution in [0.3, 0.4) is 0 Å². The van der Waals surface area contributed by atoms with E-state index in [4.69, 9.17) is 11.6 Å². The second-order valence-electron chi connectivity index (χ2n) is 7.52. The number of carbonyl (C=O) groups is 1. The Morgan fingerprint density at radius 3 is 2.58 bits per heavy atom. The number of amides is 1. The monoisotopic (exact) mass is 409 g/mol. The number of rotatable bonds is 1. The maximum Gasteiger partial charge on any atom is 0.263 e. The maximum atomic E-state index is 13.0. The molecule has 2 aromatic rings. The third-order valence-corrected chi connectivity index (χ3v) is 8.18. The predicted octanol–water partition coefficient (Wildman–Crippen LogP) is 4.47. The van der Waals surface area contributed by atoms with Crippen LogP contribution in [0.15, 0.2) is 29.2 Å². The highest BCUT2D eigenvalue weighted by molar-refractivity contribution is 7.91. The van der Waals surface area contributed by atoms with Gasteiger partial charge in [0.1, 0.15) is 0 Å². The fourth-order valence-electron chi connectivity index (χ4n) is 4.08. The van der Waals surface area contributed by atoms with Gasteiger partial charge in [0.05, 0.1) is 15.5 Å². The maximum absolute atomic E-state index is 13.0. The molecule has 1 amide bonds. The number of sulfone groups is 1. The molecular weight excluding hydrogens is 390 g/mol. The van der Waals surface area contributed by atoms with E-state index in [1.54, 1.807) is 18.2 Å². The Balaban J connectivity index is 1.74. The van der Waals surface area contributed by atoms with Crippen molar-refractivity contribution in [3.63, 3.8) is 0 Å². The van der Waals surface area contributed by atoms with Crippen LogP contribution < -0.4 is 0 Å². The largest absolute Gasteiger partial charge is 0.337 e. The number of benzene rings is 1. The summed E-state index contributed by atoms with van der Waals surface area (Å²) in [5.41, 5.74) is 1.37. The summed E-state index contributed by atoms with van der Waals surface area (Å²) in [7, 11) is -3.44. The van der Waals surface area contributed by atoms with Crippen molar-refractivity contribution in [1.29, 1.82) is 0 Å². The molecule has 0 aliphatic carbocycles. The highest BCUT2D eigenvalue weighted by atomic mass is 35.5. The molecule has 1 saturated heterocycles. The number of nitrogens with zero attached hydrogens (tertiary/aromatic N) is 1. The van der Waals surface area contributed by atoms with Crippen LogP contribution in [-0.4, -0.2) is 32.3 Å². The van der Waals surface area contributed by atoms with E-state index >= 15 is 0 Å². The minimum atomic E-state index is -3.44. The summed E-state index contributed by atoms with van der Waals surface area (Å²) in [6, 6.07) is 6.70. The van der Waals surface area contributed by atoms with Crippen LogP contribution in [0.4, 0.5) is 0 Å². The number of fused-ring (bicyclic) bond motifs is 3. The second kappa shape index (κ2) is 6.36. The molecule has 3 heterocycles. The van der Waals surface area contributed by atoms with Gasteiger partial charge in [-0.2, -0.15) is 0 Å². The normalized spacial score (nSPS) is 24.0. The quantitative estimate of drug-likeness (QED) is 0.698. The molecule has 26 heavy (non-hydrogen) atoms. The van der Waals surface area contributed by atoms with Gasteiger partial charge in [-0.05, 0) is 42.0 Å². The molecule has 1 aromatic heterocycles. The Labute approximate surface area is 162 Å². The molecule has 0 N–H and O–H groups in total. The van der Waals surface area contributed by atoms with E-state index in [9.17, 15) is 13.2 Å². The smallest absolute Gasteiger partial charge is 0.263 e. The average molecular weight is 410 g/mol. The van der Waals surface area contributed by atoms with Crippen LogP contribution in [0.2, 0.25) is 5.02 Å². The van der Waals surface area contributed by atoms with Gasteiger partial charge in [0.25, 0.3) is 5.91 Å². The summed E-state index contributed by atoms with van der Waals surface area (Å²) in [5.74, 6) is 0.906. The van der Waals surface area contributed by atoms with Crippen LogP contribution >= 0.6 is 22.9 Å². The number of hydrogen-bond donors (Lipinski definition) is 0. The first-order valence-electron chi connectivity index (χ1n) is 8.69. The zero-order chi connectivity index (χ0) is 18.6. The third-order valence-electron chi connectivity index (χ3n) is 5.04. The van der Waals surface area contributed by atoms with Crippen LogP contribution in [0, 0.1) is 11.8 Å². The Morgan fingerprint density at radius 1 is 1.19 bits per heavy atom. The molecule has 0 unspecified atom stereocenters. The lowest BCUT2D eigenvalue weighted by Gasteiger charge is -2.34. The lowest BCUT2D eigenvalue weighted by Crippen LogP contribution is -2.42.